The van der Waals surface area contributed by atoms with E-state index < -0.39 is 0 Å². The molecule has 1 aromatic rings. The van der Waals surface area contributed by atoms with Crippen LogP contribution in [0.15, 0.2) is 54.8 Å². The summed E-state index contributed by atoms with van der Waals surface area (Å²) in [6, 6.07) is 8.57. The fraction of sp³-hybridized carbons (Fsp3) is 0.333. The molecular formula is C18H27N. The molecule has 1 aromatic carbocycles. The topological polar surface area (TPSA) is 26.0 Å². The molecular weight excluding hydrogens is 230 g/mol. The van der Waals surface area contributed by atoms with Crippen LogP contribution < -0.4 is 5.73 Å². The van der Waals surface area contributed by atoms with E-state index in [1.165, 1.54) is 16.7 Å². The van der Waals surface area contributed by atoms with Crippen molar-refractivity contribution in [1.82, 2.24) is 0 Å². The van der Waals surface area contributed by atoms with Crippen LogP contribution in [0, 0.1) is 12.8 Å². The average Bonchev–Trinajstić information content (AvgIpc) is 2.42. The number of aryl methyl sites for hydroxylation is 1. The second-order valence-electron chi connectivity index (χ2n) is 4.51. The van der Waals surface area contributed by atoms with Crippen LogP contribution in [0.5, 0.6) is 0 Å². The second kappa shape index (κ2) is 9.21. The van der Waals surface area contributed by atoms with Gasteiger partial charge in [0.05, 0.1) is 0 Å². The van der Waals surface area contributed by atoms with Crippen LogP contribution in [0.2, 0.25) is 0 Å². The van der Waals surface area contributed by atoms with Crippen LogP contribution in [0.4, 0.5) is 0 Å². The smallest absolute Gasteiger partial charge is 0.0308 e. The number of allylic oxidation sites excluding steroid dienone is 4. The lowest BCUT2D eigenvalue weighted by Gasteiger charge is -2.11. The summed E-state index contributed by atoms with van der Waals surface area (Å²) in [4.78, 5) is 0. The minimum absolute atomic E-state index is 0.464. The van der Waals surface area contributed by atoms with E-state index in [0.29, 0.717) is 11.6 Å². The molecule has 0 amide bonds. The molecule has 0 aromatic heterocycles. The molecule has 0 aliphatic carbocycles. The molecule has 0 saturated heterocycles. The van der Waals surface area contributed by atoms with Gasteiger partial charge in [0.2, 0.25) is 0 Å². The molecule has 2 N–H and O–H groups in total. The summed E-state index contributed by atoms with van der Waals surface area (Å²) in [5, 5.41) is 0. The summed E-state index contributed by atoms with van der Waals surface area (Å²) in [5.74, 6) is 0.464. The molecule has 0 aliphatic heterocycles. The van der Waals surface area contributed by atoms with Gasteiger partial charge >= 0.3 is 0 Å². The zero-order valence-corrected chi connectivity index (χ0v) is 12.9. The zero-order valence-electron chi connectivity index (χ0n) is 12.9. The van der Waals surface area contributed by atoms with Crippen molar-refractivity contribution in [3.63, 3.8) is 0 Å². The number of hydrogen-bond donors (Lipinski definition) is 1. The Bertz CT molecular complexity index is 433. The first-order valence-electron chi connectivity index (χ1n) is 6.91. The highest BCUT2D eigenvalue weighted by Crippen LogP contribution is 2.23. The maximum atomic E-state index is 5.72. The Morgan fingerprint density at radius 1 is 1.11 bits per heavy atom. The molecule has 104 valence electrons. The lowest BCUT2D eigenvalue weighted by atomic mass is 9.94. The van der Waals surface area contributed by atoms with Gasteiger partial charge in [-0.25, -0.2) is 0 Å². The van der Waals surface area contributed by atoms with Crippen molar-refractivity contribution in [2.75, 3.05) is 0 Å². The standard InChI is InChI=1S/C16H21N.C2H6/c1-5-15(17)10-11-16(12(2)3)14-8-6-13(4)7-9-14;1-2/h5-12H,1,17H2,2-4H3;1-2H3/b15-10+,16-11+;. The van der Waals surface area contributed by atoms with E-state index in [0.717, 1.165) is 0 Å². The fourth-order valence-electron chi connectivity index (χ4n) is 1.62. The van der Waals surface area contributed by atoms with Crippen molar-refractivity contribution in [3.8, 4) is 0 Å². The lowest BCUT2D eigenvalue weighted by Crippen LogP contribution is -1.95. The molecule has 0 fully saturated rings. The molecule has 0 unspecified atom stereocenters. The van der Waals surface area contributed by atoms with Gasteiger partial charge < -0.3 is 5.73 Å². The highest BCUT2D eigenvalue weighted by atomic mass is 14.5. The van der Waals surface area contributed by atoms with E-state index in [1.807, 2.05) is 19.9 Å². The summed E-state index contributed by atoms with van der Waals surface area (Å²) in [6.45, 7) is 14.1. The van der Waals surface area contributed by atoms with E-state index in [1.54, 1.807) is 6.08 Å². The van der Waals surface area contributed by atoms with E-state index in [-0.39, 0.29) is 0 Å². The first-order chi connectivity index (χ1) is 9.04. The minimum atomic E-state index is 0.464. The summed E-state index contributed by atoms with van der Waals surface area (Å²) in [7, 11) is 0. The van der Waals surface area contributed by atoms with Gasteiger partial charge in [0.25, 0.3) is 0 Å². The van der Waals surface area contributed by atoms with Crippen molar-refractivity contribution in [3.05, 3.63) is 65.9 Å². The number of hydrogen-bond acceptors (Lipinski definition) is 1. The predicted octanol–water partition coefficient (Wildman–Crippen LogP) is 5.09. The Hall–Kier alpha value is -1.76. The molecule has 0 saturated carbocycles. The Kier molecular flexibility index (Phi) is 8.35. The Labute approximate surface area is 118 Å². The molecule has 1 heteroatoms. The first-order valence-corrected chi connectivity index (χ1v) is 6.91. The molecule has 19 heavy (non-hydrogen) atoms. The number of rotatable bonds is 4. The molecule has 0 heterocycles. The highest BCUT2D eigenvalue weighted by Gasteiger charge is 2.05. The maximum absolute atomic E-state index is 5.72. The van der Waals surface area contributed by atoms with E-state index in [4.69, 9.17) is 5.73 Å². The Balaban J connectivity index is 0.00000154. The highest BCUT2D eigenvalue weighted by molar-refractivity contribution is 5.68. The van der Waals surface area contributed by atoms with Crippen molar-refractivity contribution >= 4 is 5.57 Å². The number of benzene rings is 1. The third-order valence-corrected chi connectivity index (χ3v) is 2.70. The minimum Gasteiger partial charge on any atom is -0.399 e. The first kappa shape index (κ1) is 17.2. The zero-order chi connectivity index (χ0) is 14.8. The van der Waals surface area contributed by atoms with Gasteiger partial charge in [-0.05, 0) is 36.1 Å². The third-order valence-electron chi connectivity index (χ3n) is 2.70. The molecule has 0 aliphatic rings. The van der Waals surface area contributed by atoms with E-state index in [9.17, 15) is 0 Å². The van der Waals surface area contributed by atoms with Crippen LogP contribution >= 0.6 is 0 Å². The van der Waals surface area contributed by atoms with Crippen LogP contribution in [0.1, 0.15) is 38.8 Å². The van der Waals surface area contributed by atoms with Crippen molar-refractivity contribution in [2.24, 2.45) is 11.7 Å². The van der Waals surface area contributed by atoms with Gasteiger partial charge in [-0.2, -0.15) is 0 Å². The van der Waals surface area contributed by atoms with Crippen LogP contribution in [-0.2, 0) is 0 Å². The van der Waals surface area contributed by atoms with Gasteiger partial charge in [-0.15, -0.1) is 0 Å². The second-order valence-corrected chi connectivity index (χ2v) is 4.51. The largest absolute Gasteiger partial charge is 0.399 e. The molecule has 1 rings (SSSR count). The lowest BCUT2D eigenvalue weighted by molar-refractivity contribution is 0.855. The van der Waals surface area contributed by atoms with E-state index in [2.05, 4.69) is 57.7 Å². The van der Waals surface area contributed by atoms with E-state index >= 15 is 0 Å². The molecule has 0 atom stereocenters. The molecule has 1 nitrogen and oxygen atoms in total. The fourth-order valence-corrected chi connectivity index (χ4v) is 1.62. The Morgan fingerprint density at radius 2 is 1.63 bits per heavy atom. The van der Waals surface area contributed by atoms with Gasteiger partial charge in [0, 0.05) is 5.70 Å². The molecule has 0 spiro atoms. The monoisotopic (exact) mass is 257 g/mol. The predicted molar refractivity (Wildman–Crippen MR) is 87.8 cm³/mol. The van der Waals surface area contributed by atoms with Crippen LogP contribution in [0.25, 0.3) is 5.57 Å². The van der Waals surface area contributed by atoms with Gasteiger partial charge in [-0.1, -0.05) is 70.2 Å². The molecule has 0 bridgehead atoms. The van der Waals surface area contributed by atoms with Gasteiger partial charge in [0.1, 0.15) is 0 Å². The SMILES string of the molecule is C=C/C(N)=C\C=C(\c1ccc(C)cc1)C(C)C.CC. The van der Waals surface area contributed by atoms with Crippen LogP contribution in [0.3, 0.4) is 0 Å². The summed E-state index contributed by atoms with van der Waals surface area (Å²) < 4.78 is 0. The number of nitrogens with two attached hydrogens (primary N) is 1. The van der Waals surface area contributed by atoms with Gasteiger partial charge in [-0.3, -0.25) is 0 Å². The quantitative estimate of drug-likeness (QED) is 0.747. The van der Waals surface area contributed by atoms with Gasteiger partial charge in [0.15, 0.2) is 0 Å². The van der Waals surface area contributed by atoms with Crippen molar-refractivity contribution < 1.29 is 0 Å². The summed E-state index contributed by atoms with van der Waals surface area (Å²) in [5.41, 5.74) is 10.2. The van der Waals surface area contributed by atoms with Crippen molar-refractivity contribution in [2.45, 2.75) is 34.6 Å². The molecule has 0 radical (unpaired) electrons. The van der Waals surface area contributed by atoms with Crippen LogP contribution in [-0.4, -0.2) is 0 Å². The summed E-state index contributed by atoms with van der Waals surface area (Å²) >= 11 is 0. The third kappa shape index (κ3) is 6.10. The summed E-state index contributed by atoms with van der Waals surface area (Å²) in [6.07, 6.45) is 5.64. The normalized spacial score (nSPS) is 11.9. The maximum Gasteiger partial charge on any atom is 0.0308 e. The average molecular weight is 257 g/mol. The Morgan fingerprint density at radius 3 is 2.05 bits per heavy atom. The van der Waals surface area contributed by atoms with Crippen molar-refractivity contribution in [1.29, 1.82) is 0 Å².